The zero-order chi connectivity index (χ0) is 21.3. The molecule has 3 heterocycles. The number of rotatable bonds is 3. The molecule has 2 aromatic heterocycles. The third kappa shape index (κ3) is 4.30. The number of anilines is 2. The molecule has 0 spiro atoms. The van der Waals surface area contributed by atoms with E-state index in [0.29, 0.717) is 54.5 Å². The van der Waals surface area contributed by atoms with Crippen molar-refractivity contribution in [1.29, 1.82) is 0 Å². The van der Waals surface area contributed by atoms with Gasteiger partial charge in [0.25, 0.3) is 0 Å². The maximum Gasteiger partial charge on any atom is 0.338 e. The molecular weight excluding hydrogens is 384 g/mol. The highest BCUT2D eigenvalue weighted by atomic mass is 16.6. The molecule has 1 aromatic carbocycles. The van der Waals surface area contributed by atoms with Crippen molar-refractivity contribution in [2.45, 2.75) is 26.4 Å². The topological polar surface area (TPSA) is 116 Å². The van der Waals surface area contributed by atoms with Gasteiger partial charge in [-0.1, -0.05) is 12.1 Å². The summed E-state index contributed by atoms with van der Waals surface area (Å²) in [5.41, 5.74) is 8.31. The number of hydrogen-bond donors (Lipinski definition) is 1. The quantitative estimate of drug-likeness (QED) is 0.652. The van der Waals surface area contributed by atoms with Crippen LogP contribution in [0.15, 0.2) is 30.5 Å². The van der Waals surface area contributed by atoms with Gasteiger partial charge < -0.3 is 20.1 Å². The molecule has 30 heavy (non-hydrogen) atoms. The standard InChI is InChI=1S/C21H24N6O3/c1-21(2,3)30-19(28)14-6-4-13(5-7-14)15-12-23-17-16(24-15)18(26-20(22)25-17)27-8-10-29-11-9-27/h4-7,12H,8-11H2,1-3H3,(H2,22,23,25,26). The summed E-state index contributed by atoms with van der Waals surface area (Å²) in [5.74, 6) is 0.449. The molecule has 9 heteroatoms. The molecule has 9 nitrogen and oxygen atoms in total. The van der Waals surface area contributed by atoms with Gasteiger partial charge in [0.15, 0.2) is 17.0 Å². The van der Waals surface area contributed by atoms with E-state index >= 15 is 0 Å². The summed E-state index contributed by atoms with van der Waals surface area (Å²) in [7, 11) is 0. The fourth-order valence-corrected chi connectivity index (χ4v) is 3.16. The van der Waals surface area contributed by atoms with Crippen molar-refractivity contribution in [1.82, 2.24) is 19.9 Å². The first-order valence-electron chi connectivity index (χ1n) is 9.77. The maximum absolute atomic E-state index is 12.2. The second-order valence-electron chi connectivity index (χ2n) is 8.01. The summed E-state index contributed by atoms with van der Waals surface area (Å²) < 4.78 is 10.8. The highest BCUT2D eigenvalue weighted by molar-refractivity contribution is 5.90. The first kappa shape index (κ1) is 20.0. The Morgan fingerprint density at radius 2 is 1.80 bits per heavy atom. The lowest BCUT2D eigenvalue weighted by Crippen LogP contribution is -2.37. The fraction of sp³-hybridized carbons (Fsp3) is 0.381. The Balaban J connectivity index is 1.68. The van der Waals surface area contributed by atoms with Crippen molar-refractivity contribution in [3.63, 3.8) is 0 Å². The van der Waals surface area contributed by atoms with E-state index in [1.807, 2.05) is 32.9 Å². The molecule has 2 N–H and O–H groups in total. The van der Waals surface area contributed by atoms with Gasteiger partial charge in [0.2, 0.25) is 5.95 Å². The van der Waals surface area contributed by atoms with Crippen molar-refractivity contribution >= 4 is 28.9 Å². The number of nitrogens with two attached hydrogens (primary N) is 1. The van der Waals surface area contributed by atoms with Gasteiger partial charge in [-0.15, -0.1) is 0 Å². The summed E-state index contributed by atoms with van der Waals surface area (Å²) in [6, 6.07) is 7.08. The van der Waals surface area contributed by atoms with Crippen molar-refractivity contribution < 1.29 is 14.3 Å². The van der Waals surface area contributed by atoms with Gasteiger partial charge in [-0.2, -0.15) is 9.97 Å². The van der Waals surface area contributed by atoms with Gasteiger partial charge in [0.05, 0.1) is 30.7 Å². The van der Waals surface area contributed by atoms with Crippen molar-refractivity contribution in [3.05, 3.63) is 36.0 Å². The molecule has 1 aliphatic heterocycles. The van der Waals surface area contributed by atoms with Crippen LogP contribution in [-0.2, 0) is 9.47 Å². The predicted octanol–water partition coefficient (Wildman–Crippen LogP) is 2.46. The Labute approximate surface area is 174 Å². The Morgan fingerprint density at radius 3 is 2.47 bits per heavy atom. The molecule has 1 saturated heterocycles. The molecule has 1 fully saturated rings. The monoisotopic (exact) mass is 408 g/mol. The van der Waals surface area contributed by atoms with Crippen molar-refractivity contribution in [3.8, 4) is 11.3 Å². The Hall–Kier alpha value is -3.33. The van der Waals surface area contributed by atoms with Crippen LogP contribution in [0, 0.1) is 0 Å². The molecule has 0 bridgehead atoms. The Kier molecular flexibility index (Phi) is 5.21. The van der Waals surface area contributed by atoms with Crippen LogP contribution >= 0.6 is 0 Å². The molecule has 4 rings (SSSR count). The highest BCUT2D eigenvalue weighted by Gasteiger charge is 2.20. The van der Waals surface area contributed by atoms with E-state index in [2.05, 4.69) is 19.9 Å². The van der Waals surface area contributed by atoms with Crippen LogP contribution in [0.1, 0.15) is 31.1 Å². The van der Waals surface area contributed by atoms with E-state index in [-0.39, 0.29) is 11.9 Å². The fourth-order valence-electron chi connectivity index (χ4n) is 3.16. The van der Waals surface area contributed by atoms with Gasteiger partial charge in [-0.3, -0.25) is 0 Å². The lowest BCUT2D eigenvalue weighted by Gasteiger charge is -2.28. The van der Waals surface area contributed by atoms with E-state index in [1.54, 1.807) is 18.3 Å². The summed E-state index contributed by atoms with van der Waals surface area (Å²) in [6.07, 6.45) is 1.64. The number of carbonyl (C=O) groups is 1. The van der Waals surface area contributed by atoms with E-state index in [4.69, 9.17) is 20.2 Å². The molecule has 0 unspecified atom stereocenters. The van der Waals surface area contributed by atoms with Gasteiger partial charge in [-0.05, 0) is 32.9 Å². The Morgan fingerprint density at radius 1 is 1.10 bits per heavy atom. The predicted molar refractivity (Wildman–Crippen MR) is 113 cm³/mol. The molecule has 0 atom stereocenters. The number of ether oxygens (including phenoxy) is 2. The van der Waals surface area contributed by atoms with Crippen LogP contribution in [0.3, 0.4) is 0 Å². The number of morpholine rings is 1. The third-order valence-corrected chi connectivity index (χ3v) is 4.53. The number of hydrogen-bond acceptors (Lipinski definition) is 9. The number of nitrogens with zero attached hydrogens (tertiary/aromatic N) is 5. The molecule has 3 aromatic rings. The van der Waals surface area contributed by atoms with E-state index in [9.17, 15) is 4.79 Å². The average molecular weight is 408 g/mol. The minimum atomic E-state index is -0.544. The van der Waals surface area contributed by atoms with Crippen LogP contribution in [-0.4, -0.2) is 57.8 Å². The largest absolute Gasteiger partial charge is 0.456 e. The third-order valence-electron chi connectivity index (χ3n) is 4.53. The minimum Gasteiger partial charge on any atom is -0.456 e. The minimum absolute atomic E-state index is 0.160. The van der Waals surface area contributed by atoms with Gasteiger partial charge in [0, 0.05) is 18.7 Å². The summed E-state index contributed by atoms with van der Waals surface area (Å²) in [4.78, 5) is 32.1. The summed E-state index contributed by atoms with van der Waals surface area (Å²) in [6.45, 7) is 8.14. The lowest BCUT2D eigenvalue weighted by molar-refractivity contribution is 0.00695. The van der Waals surface area contributed by atoms with Gasteiger partial charge in [-0.25, -0.2) is 14.8 Å². The van der Waals surface area contributed by atoms with E-state index in [0.717, 1.165) is 5.56 Å². The molecule has 1 aliphatic rings. The van der Waals surface area contributed by atoms with Crippen molar-refractivity contribution in [2.24, 2.45) is 0 Å². The molecular formula is C21H24N6O3. The van der Waals surface area contributed by atoms with Crippen LogP contribution < -0.4 is 10.6 Å². The number of aromatic nitrogens is 4. The highest BCUT2D eigenvalue weighted by Crippen LogP contribution is 2.26. The second kappa shape index (κ2) is 7.83. The van der Waals surface area contributed by atoms with Crippen LogP contribution in [0.5, 0.6) is 0 Å². The van der Waals surface area contributed by atoms with Crippen LogP contribution in [0.4, 0.5) is 11.8 Å². The summed E-state index contributed by atoms with van der Waals surface area (Å²) >= 11 is 0. The number of fused-ring (bicyclic) bond motifs is 1. The zero-order valence-corrected chi connectivity index (χ0v) is 17.3. The van der Waals surface area contributed by atoms with E-state index in [1.165, 1.54) is 0 Å². The maximum atomic E-state index is 12.2. The van der Waals surface area contributed by atoms with Crippen LogP contribution in [0.2, 0.25) is 0 Å². The second-order valence-corrected chi connectivity index (χ2v) is 8.01. The van der Waals surface area contributed by atoms with Crippen molar-refractivity contribution in [2.75, 3.05) is 36.9 Å². The molecule has 0 amide bonds. The molecule has 156 valence electrons. The van der Waals surface area contributed by atoms with Gasteiger partial charge in [0.1, 0.15) is 5.60 Å². The number of nitrogen functional groups attached to an aromatic ring is 1. The van der Waals surface area contributed by atoms with Gasteiger partial charge >= 0.3 is 5.97 Å². The summed E-state index contributed by atoms with van der Waals surface area (Å²) in [5, 5.41) is 0. The average Bonchev–Trinajstić information content (AvgIpc) is 2.72. The number of esters is 1. The zero-order valence-electron chi connectivity index (χ0n) is 17.3. The smallest absolute Gasteiger partial charge is 0.338 e. The Bertz CT molecular complexity index is 1070. The lowest BCUT2D eigenvalue weighted by atomic mass is 10.1. The number of benzene rings is 1. The number of carbonyl (C=O) groups excluding carboxylic acids is 1. The molecule has 0 aliphatic carbocycles. The molecule has 0 radical (unpaired) electrons. The normalized spacial score (nSPS) is 14.7. The van der Waals surface area contributed by atoms with E-state index < -0.39 is 5.60 Å². The first-order valence-corrected chi connectivity index (χ1v) is 9.77. The first-order chi connectivity index (χ1) is 14.3. The van der Waals surface area contributed by atoms with Crippen LogP contribution in [0.25, 0.3) is 22.4 Å². The SMILES string of the molecule is CC(C)(C)OC(=O)c1ccc(-c2cnc3nc(N)nc(N4CCOCC4)c3n2)cc1. The molecule has 0 saturated carbocycles.